The third kappa shape index (κ3) is 4.45. The summed E-state index contributed by atoms with van der Waals surface area (Å²) in [6, 6.07) is 7.08. The molecule has 0 aliphatic heterocycles. The second-order valence-electron chi connectivity index (χ2n) is 7.37. The number of rotatable bonds is 4. The smallest absolute Gasteiger partial charge is 0.357 e. The quantitative estimate of drug-likeness (QED) is 0.452. The lowest BCUT2D eigenvalue weighted by atomic mass is 10.0. The highest BCUT2D eigenvalue weighted by atomic mass is 19.4. The lowest BCUT2D eigenvalue weighted by Crippen LogP contribution is -2.17. The van der Waals surface area contributed by atoms with E-state index in [1.165, 1.54) is 25.3 Å². The maximum Gasteiger partial charge on any atom is 0.416 e. The van der Waals surface area contributed by atoms with Gasteiger partial charge in [-0.05, 0) is 43.7 Å². The summed E-state index contributed by atoms with van der Waals surface area (Å²) >= 11 is 0. The number of nitrogens with one attached hydrogen (secondary N) is 2. The number of alkyl halides is 3. The van der Waals surface area contributed by atoms with E-state index in [-0.39, 0.29) is 11.1 Å². The number of aryl methyl sites for hydroxylation is 1. The van der Waals surface area contributed by atoms with E-state index in [2.05, 4.69) is 30.6 Å². The van der Waals surface area contributed by atoms with Crippen molar-refractivity contribution in [2.45, 2.75) is 20.0 Å². The molecular formula is C23H19F3N6O. The van der Waals surface area contributed by atoms with Crippen LogP contribution >= 0.6 is 0 Å². The molecule has 7 nitrogen and oxygen atoms in total. The minimum Gasteiger partial charge on any atom is -0.357 e. The van der Waals surface area contributed by atoms with Crippen LogP contribution < -0.4 is 10.6 Å². The van der Waals surface area contributed by atoms with Crippen LogP contribution in [0.3, 0.4) is 0 Å². The van der Waals surface area contributed by atoms with E-state index < -0.39 is 17.6 Å². The number of aromatic nitrogens is 4. The Morgan fingerprint density at radius 3 is 2.52 bits per heavy atom. The number of carbonyl (C=O) groups is 1. The van der Waals surface area contributed by atoms with E-state index in [9.17, 15) is 18.0 Å². The van der Waals surface area contributed by atoms with E-state index in [1.807, 2.05) is 13.0 Å². The zero-order valence-electron chi connectivity index (χ0n) is 17.9. The fourth-order valence-corrected chi connectivity index (χ4v) is 3.47. The summed E-state index contributed by atoms with van der Waals surface area (Å²) in [5.74, 6) is -0.199. The molecule has 2 N–H and O–H groups in total. The average Bonchev–Trinajstić information content (AvgIpc) is 2.79. The van der Waals surface area contributed by atoms with Gasteiger partial charge < -0.3 is 10.6 Å². The van der Waals surface area contributed by atoms with Gasteiger partial charge in [0.15, 0.2) is 5.65 Å². The molecule has 0 aliphatic carbocycles. The Morgan fingerprint density at radius 2 is 1.79 bits per heavy atom. The van der Waals surface area contributed by atoms with Gasteiger partial charge in [0.1, 0.15) is 0 Å². The van der Waals surface area contributed by atoms with Crippen molar-refractivity contribution in [3.05, 3.63) is 71.3 Å². The fraction of sp³-hybridized carbons (Fsp3) is 0.174. The first-order valence-electron chi connectivity index (χ1n) is 9.93. The second-order valence-corrected chi connectivity index (χ2v) is 7.37. The molecular weight excluding hydrogens is 433 g/mol. The maximum atomic E-state index is 13.2. The number of pyridine rings is 2. The standard InChI is InChI=1S/C23H19F3N6O/c1-12-17(5-4-6-19(12)23(24,25)26)21(33)31-16-8-18(13(2)28-11-16)14-7-15-10-30-22(27-3)32-20(15)29-9-14/h4-11H,1-3H3,(H,31,33)(H,27,29,30,32). The van der Waals surface area contributed by atoms with Gasteiger partial charge in [0.05, 0.1) is 17.4 Å². The van der Waals surface area contributed by atoms with Crippen molar-refractivity contribution in [3.63, 3.8) is 0 Å². The highest BCUT2D eigenvalue weighted by Gasteiger charge is 2.33. The molecule has 0 radical (unpaired) electrons. The number of hydrogen-bond acceptors (Lipinski definition) is 6. The number of amides is 1. The molecule has 1 aromatic carbocycles. The van der Waals surface area contributed by atoms with Gasteiger partial charge in [0.2, 0.25) is 5.95 Å². The summed E-state index contributed by atoms with van der Waals surface area (Å²) < 4.78 is 39.6. The van der Waals surface area contributed by atoms with Crippen LogP contribution in [0.2, 0.25) is 0 Å². The van der Waals surface area contributed by atoms with Crippen LogP contribution in [0.4, 0.5) is 24.8 Å². The molecule has 3 heterocycles. The van der Waals surface area contributed by atoms with Crippen molar-refractivity contribution in [2.75, 3.05) is 17.7 Å². The minimum absolute atomic E-state index is 0.0585. The van der Waals surface area contributed by atoms with Gasteiger partial charge in [-0.2, -0.15) is 18.2 Å². The van der Waals surface area contributed by atoms with E-state index >= 15 is 0 Å². The van der Waals surface area contributed by atoms with Gasteiger partial charge in [-0.25, -0.2) is 9.97 Å². The number of halogens is 3. The monoisotopic (exact) mass is 452 g/mol. The van der Waals surface area contributed by atoms with Crippen LogP contribution in [0.5, 0.6) is 0 Å². The lowest BCUT2D eigenvalue weighted by Gasteiger charge is -2.14. The third-order valence-corrected chi connectivity index (χ3v) is 5.20. The number of anilines is 2. The van der Waals surface area contributed by atoms with Crippen molar-refractivity contribution in [3.8, 4) is 11.1 Å². The van der Waals surface area contributed by atoms with E-state index in [0.717, 1.165) is 17.0 Å². The van der Waals surface area contributed by atoms with Crippen molar-refractivity contribution in [2.24, 2.45) is 0 Å². The Balaban J connectivity index is 1.66. The van der Waals surface area contributed by atoms with Crippen molar-refractivity contribution in [1.29, 1.82) is 0 Å². The SMILES string of the molecule is CNc1ncc2cc(-c3cc(NC(=O)c4cccc(C(F)(F)F)c4C)cnc3C)cnc2n1. The van der Waals surface area contributed by atoms with Gasteiger partial charge in [0, 0.05) is 47.2 Å². The summed E-state index contributed by atoms with van der Waals surface area (Å²) in [7, 11) is 1.71. The van der Waals surface area contributed by atoms with E-state index in [4.69, 9.17) is 0 Å². The molecule has 0 fully saturated rings. The molecule has 0 atom stereocenters. The number of benzene rings is 1. The molecule has 1 amide bonds. The Kier molecular flexibility index (Phi) is 5.67. The highest BCUT2D eigenvalue weighted by Crippen LogP contribution is 2.33. The Bertz CT molecular complexity index is 1370. The summed E-state index contributed by atoms with van der Waals surface area (Å²) in [6.07, 6.45) is 0.201. The zero-order chi connectivity index (χ0) is 23.8. The van der Waals surface area contributed by atoms with E-state index in [1.54, 1.807) is 25.5 Å². The van der Waals surface area contributed by atoms with Crippen LogP contribution in [0.25, 0.3) is 22.2 Å². The van der Waals surface area contributed by atoms with Crippen LogP contribution in [0.15, 0.2) is 48.9 Å². The number of carbonyl (C=O) groups excluding carboxylic acids is 1. The van der Waals surface area contributed by atoms with Gasteiger partial charge in [-0.3, -0.25) is 9.78 Å². The predicted octanol–water partition coefficient (Wildman–Crippen LogP) is 5.02. The normalized spacial score (nSPS) is 11.5. The fourth-order valence-electron chi connectivity index (χ4n) is 3.47. The number of hydrogen-bond donors (Lipinski definition) is 2. The molecule has 4 rings (SSSR count). The van der Waals surface area contributed by atoms with Crippen LogP contribution in [0.1, 0.15) is 27.2 Å². The van der Waals surface area contributed by atoms with E-state index in [0.29, 0.717) is 28.5 Å². The number of nitrogens with zero attached hydrogens (tertiary/aromatic N) is 4. The Morgan fingerprint density at radius 1 is 1.00 bits per heavy atom. The second kappa shape index (κ2) is 8.45. The maximum absolute atomic E-state index is 13.2. The predicted molar refractivity (Wildman–Crippen MR) is 119 cm³/mol. The zero-order valence-corrected chi connectivity index (χ0v) is 17.9. The topological polar surface area (TPSA) is 92.7 Å². The summed E-state index contributed by atoms with van der Waals surface area (Å²) in [6.45, 7) is 3.08. The Hall–Kier alpha value is -4.08. The van der Waals surface area contributed by atoms with Gasteiger partial charge in [-0.1, -0.05) is 6.07 Å². The molecule has 4 aromatic rings. The molecule has 0 saturated carbocycles. The largest absolute Gasteiger partial charge is 0.416 e. The Labute approximate surface area is 187 Å². The molecule has 0 aliphatic rings. The van der Waals surface area contributed by atoms with Gasteiger partial charge in [0.25, 0.3) is 5.91 Å². The van der Waals surface area contributed by atoms with Crippen LogP contribution in [-0.2, 0) is 6.18 Å². The molecule has 0 spiro atoms. The molecule has 0 saturated heterocycles. The molecule has 168 valence electrons. The van der Waals surface area contributed by atoms with Gasteiger partial charge in [-0.15, -0.1) is 0 Å². The first-order chi connectivity index (χ1) is 15.7. The molecule has 0 unspecified atom stereocenters. The van der Waals surface area contributed by atoms with Crippen molar-refractivity contribution in [1.82, 2.24) is 19.9 Å². The molecule has 10 heteroatoms. The van der Waals surface area contributed by atoms with Gasteiger partial charge >= 0.3 is 6.18 Å². The molecule has 0 bridgehead atoms. The first-order valence-corrected chi connectivity index (χ1v) is 9.93. The minimum atomic E-state index is -4.54. The number of fused-ring (bicyclic) bond motifs is 1. The van der Waals surface area contributed by atoms with Crippen molar-refractivity contribution >= 4 is 28.6 Å². The summed E-state index contributed by atoms with van der Waals surface area (Å²) in [4.78, 5) is 29.9. The highest BCUT2D eigenvalue weighted by molar-refractivity contribution is 6.05. The average molecular weight is 452 g/mol. The lowest BCUT2D eigenvalue weighted by molar-refractivity contribution is -0.138. The summed E-state index contributed by atoms with van der Waals surface area (Å²) in [5, 5.41) is 6.22. The van der Waals surface area contributed by atoms with Crippen molar-refractivity contribution < 1.29 is 18.0 Å². The first kappa shape index (κ1) is 22.1. The summed E-state index contributed by atoms with van der Waals surface area (Å²) in [5.41, 5.74) is 1.97. The third-order valence-electron chi connectivity index (χ3n) is 5.20. The molecule has 3 aromatic heterocycles. The van der Waals surface area contributed by atoms with Crippen LogP contribution in [0, 0.1) is 13.8 Å². The van der Waals surface area contributed by atoms with Crippen LogP contribution in [-0.4, -0.2) is 32.9 Å². The molecule has 33 heavy (non-hydrogen) atoms.